The summed E-state index contributed by atoms with van der Waals surface area (Å²) in [5.74, 6) is 0. The molecule has 2 aromatic rings. The lowest BCUT2D eigenvalue weighted by Crippen LogP contribution is -2.30. The van der Waals surface area contributed by atoms with Crippen molar-refractivity contribution in [1.29, 1.82) is 0 Å². The Morgan fingerprint density at radius 3 is 2.30 bits per heavy atom. The van der Waals surface area contributed by atoms with Gasteiger partial charge in [0.05, 0.1) is 0 Å². The third-order valence-electron chi connectivity index (χ3n) is 3.34. The van der Waals surface area contributed by atoms with E-state index in [1.54, 1.807) is 0 Å². The lowest BCUT2D eigenvalue weighted by atomic mass is 10.0. The molecule has 0 aliphatic carbocycles. The van der Waals surface area contributed by atoms with Gasteiger partial charge in [0.2, 0.25) is 0 Å². The normalized spacial score (nSPS) is 14.0. The molecule has 0 aliphatic heterocycles. The van der Waals surface area contributed by atoms with Crippen LogP contribution in [0.1, 0.15) is 31.0 Å². The van der Waals surface area contributed by atoms with Gasteiger partial charge in [-0.2, -0.15) is 0 Å². The van der Waals surface area contributed by atoms with Crippen LogP contribution in [0.25, 0.3) is 0 Å². The van der Waals surface area contributed by atoms with Gasteiger partial charge in [0.25, 0.3) is 0 Å². The summed E-state index contributed by atoms with van der Waals surface area (Å²) < 4.78 is 2.26. The zero-order valence-electron chi connectivity index (χ0n) is 11.7. The monoisotopic (exact) mass is 395 g/mol. The summed E-state index contributed by atoms with van der Waals surface area (Å²) in [6.45, 7) is 4.44. The summed E-state index contributed by atoms with van der Waals surface area (Å²) in [6.07, 6.45) is 1.03. The van der Waals surface area contributed by atoms with E-state index in [4.69, 9.17) is 0 Å². The van der Waals surface area contributed by atoms with Crippen LogP contribution in [0.3, 0.4) is 0 Å². The van der Waals surface area contributed by atoms with Crippen LogP contribution in [0.5, 0.6) is 0 Å². The van der Waals surface area contributed by atoms with Gasteiger partial charge in [0.15, 0.2) is 0 Å². The van der Waals surface area contributed by atoms with Gasteiger partial charge in [0, 0.05) is 21.0 Å². The van der Waals surface area contributed by atoms with Gasteiger partial charge in [-0.1, -0.05) is 56.1 Å². The van der Waals surface area contributed by atoms with Crippen LogP contribution in [-0.4, -0.2) is 6.04 Å². The standard InChI is InChI=1S/C17H19Br2N/c1-12(10-14-6-8-16(18)9-7-14)20-13(2)15-4-3-5-17(19)11-15/h3-9,11-13,20H,10H2,1-2H3/t12?,13-/m0/s1. The molecule has 0 aromatic heterocycles. The minimum Gasteiger partial charge on any atom is -0.307 e. The molecular formula is C17H19Br2N. The van der Waals surface area contributed by atoms with Gasteiger partial charge in [-0.15, -0.1) is 0 Å². The fourth-order valence-electron chi connectivity index (χ4n) is 2.33. The van der Waals surface area contributed by atoms with E-state index >= 15 is 0 Å². The molecule has 3 heteroatoms. The Balaban J connectivity index is 1.93. The Morgan fingerprint density at radius 2 is 1.65 bits per heavy atom. The smallest absolute Gasteiger partial charge is 0.0294 e. The molecule has 0 amide bonds. The molecule has 0 aliphatic rings. The third kappa shape index (κ3) is 4.72. The molecule has 0 saturated carbocycles. The molecule has 106 valence electrons. The van der Waals surface area contributed by atoms with Gasteiger partial charge in [0.1, 0.15) is 0 Å². The molecular weight excluding hydrogens is 378 g/mol. The van der Waals surface area contributed by atoms with Gasteiger partial charge < -0.3 is 5.32 Å². The van der Waals surface area contributed by atoms with Crippen molar-refractivity contribution in [3.63, 3.8) is 0 Å². The van der Waals surface area contributed by atoms with E-state index in [2.05, 4.69) is 99.6 Å². The zero-order valence-corrected chi connectivity index (χ0v) is 14.9. The summed E-state index contributed by atoms with van der Waals surface area (Å²) in [7, 11) is 0. The SMILES string of the molecule is CC(Cc1ccc(Br)cc1)N[C@@H](C)c1cccc(Br)c1. The van der Waals surface area contributed by atoms with Crippen molar-refractivity contribution in [2.24, 2.45) is 0 Å². The lowest BCUT2D eigenvalue weighted by Gasteiger charge is -2.20. The Morgan fingerprint density at radius 1 is 0.950 bits per heavy atom. The Hall–Kier alpha value is -0.640. The fourth-order valence-corrected chi connectivity index (χ4v) is 3.01. The number of benzene rings is 2. The van der Waals surface area contributed by atoms with E-state index in [9.17, 15) is 0 Å². The molecule has 0 saturated heterocycles. The fraction of sp³-hybridized carbons (Fsp3) is 0.294. The number of halogens is 2. The van der Waals surface area contributed by atoms with Crippen molar-refractivity contribution in [3.05, 3.63) is 68.6 Å². The molecule has 2 aromatic carbocycles. The maximum atomic E-state index is 3.65. The van der Waals surface area contributed by atoms with E-state index in [0.29, 0.717) is 12.1 Å². The van der Waals surface area contributed by atoms with Crippen molar-refractivity contribution in [2.45, 2.75) is 32.4 Å². The van der Waals surface area contributed by atoms with Gasteiger partial charge in [-0.25, -0.2) is 0 Å². The van der Waals surface area contributed by atoms with Crippen LogP contribution < -0.4 is 5.32 Å². The predicted molar refractivity (Wildman–Crippen MR) is 93.0 cm³/mol. The molecule has 0 radical (unpaired) electrons. The largest absolute Gasteiger partial charge is 0.307 e. The second-order valence-corrected chi connectivity index (χ2v) is 7.01. The van der Waals surface area contributed by atoms with Crippen molar-refractivity contribution in [3.8, 4) is 0 Å². The molecule has 1 nitrogen and oxygen atoms in total. The van der Waals surface area contributed by atoms with Gasteiger partial charge in [-0.3, -0.25) is 0 Å². The van der Waals surface area contributed by atoms with Crippen LogP contribution in [-0.2, 0) is 6.42 Å². The van der Waals surface area contributed by atoms with Gasteiger partial charge >= 0.3 is 0 Å². The Bertz CT molecular complexity index is 551. The average Bonchev–Trinajstić information content (AvgIpc) is 2.41. The lowest BCUT2D eigenvalue weighted by molar-refractivity contribution is 0.477. The first-order chi connectivity index (χ1) is 9.54. The number of nitrogens with one attached hydrogen (secondary N) is 1. The summed E-state index contributed by atoms with van der Waals surface area (Å²) in [5.41, 5.74) is 2.66. The molecule has 20 heavy (non-hydrogen) atoms. The van der Waals surface area contributed by atoms with Crippen molar-refractivity contribution in [2.75, 3.05) is 0 Å². The number of hydrogen-bond acceptors (Lipinski definition) is 1. The zero-order chi connectivity index (χ0) is 14.5. The number of hydrogen-bond donors (Lipinski definition) is 1. The molecule has 1 unspecified atom stereocenters. The van der Waals surface area contributed by atoms with Crippen molar-refractivity contribution < 1.29 is 0 Å². The highest BCUT2D eigenvalue weighted by Crippen LogP contribution is 2.19. The first-order valence-electron chi connectivity index (χ1n) is 6.80. The molecule has 1 N–H and O–H groups in total. The van der Waals surface area contributed by atoms with Gasteiger partial charge in [-0.05, 0) is 55.7 Å². The first kappa shape index (κ1) is 15.7. The summed E-state index contributed by atoms with van der Waals surface area (Å²) >= 11 is 6.99. The predicted octanol–water partition coefficient (Wildman–Crippen LogP) is 5.49. The first-order valence-corrected chi connectivity index (χ1v) is 8.39. The molecule has 0 heterocycles. The Labute approximate surface area is 138 Å². The van der Waals surface area contributed by atoms with E-state index < -0.39 is 0 Å². The maximum absolute atomic E-state index is 3.65. The highest BCUT2D eigenvalue weighted by atomic mass is 79.9. The van der Waals surface area contributed by atoms with Crippen LogP contribution in [0.2, 0.25) is 0 Å². The van der Waals surface area contributed by atoms with Crippen LogP contribution >= 0.6 is 31.9 Å². The molecule has 0 fully saturated rings. The molecule has 0 spiro atoms. The highest BCUT2D eigenvalue weighted by molar-refractivity contribution is 9.10. The van der Waals surface area contributed by atoms with Crippen LogP contribution in [0.4, 0.5) is 0 Å². The van der Waals surface area contributed by atoms with Crippen molar-refractivity contribution in [1.82, 2.24) is 5.32 Å². The van der Waals surface area contributed by atoms with E-state index in [-0.39, 0.29) is 0 Å². The second-order valence-electron chi connectivity index (χ2n) is 5.17. The summed E-state index contributed by atoms with van der Waals surface area (Å²) in [4.78, 5) is 0. The van der Waals surface area contributed by atoms with Crippen molar-refractivity contribution >= 4 is 31.9 Å². The summed E-state index contributed by atoms with van der Waals surface area (Å²) in [6, 6.07) is 17.8. The minimum atomic E-state index is 0.345. The Kier molecular flexibility index (Phi) is 5.82. The topological polar surface area (TPSA) is 12.0 Å². The van der Waals surface area contributed by atoms with Crippen LogP contribution in [0.15, 0.2) is 57.5 Å². The van der Waals surface area contributed by atoms with E-state index in [0.717, 1.165) is 15.4 Å². The molecule has 0 bridgehead atoms. The second kappa shape index (κ2) is 7.39. The quantitative estimate of drug-likeness (QED) is 0.704. The average molecular weight is 397 g/mol. The van der Waals surface area contributed by atoms with E-state index in [1.807, 2.05) is 0 Å². The minimum absolute atomic E-state index is 0.345. The molecule has 2 atom stereocenters. The third-order valence-corrected chi connectivity index (χ3v) is 4.36. The highest BCUT2D eigenvalue weighted by Gasteiger charge is 2.10. The van der Waals surface area contributed by atoms with E-state index in [1.165, 1.54) is 11.1 Å². The summed E-state index contributed by atoms with van der Waals surface area (Å²) in [5, 5.41) is 3.65. The van der Waals surface area contributed by atoms with Crippen LogP contribution in [0, 0.1) is 0 Å². The number of rotatable bonds is 5. The molecule has 2 rings (SSSR count). The maximum Gasteiger partial charge on any atom is 0.0294 e.